The lowest BCUT2D eigenvalue weighted by Gasteiger charge is -2.58. The Hall–Kier alpha value is -0.420. The number of fused-ring (bicyclic) bond motifs is 5. The molecule has 0 aliphatic heterocycles. The fourth-order valence-electron chi connectivity index (χ4n) is 7.99. The van der Waals surface area contributed by atoms with Gasteiger partial charge in [-0.25, -0.2) is 0 Å². The van der Waals surface area contributed by atoms with Gasteiger partial charge in [-0.3, -0.25) is 0 Å². The van der Waals surface area contributed by atoms with Crippen molar-refractivity contribution in [2.45, 2.75) is 84.0 Å². The van der Waals surface area contributed by atoms with Gasteiger partial charge in [0.2, 0.25) is 0 Å². The molecule has 0 aromatic heterocycles. The molecule has 0 heterocycles. The average Bonchev–Trinajstić information content (AvgIpc) is 2.95. The molecular formula is C24H40O4. The Morgan fingerprint density at radius 3 is 2.68 bits per heavy atom. The summed E-state index contributed by atoms with van der Waals surface area (Å²) in [4.78, 5) is 0. The van der Waals surface area contributed by atoms with Crippen LogP contribution in [0.3, 0.4) is 0 Å². The van der Waals surface area contributed by atoms with Crippen LogP contribution in [0, 0.1) is 34.5 Å². The molecule has 4 nitrogen and oxygen atoms in total. The lowest BCUT2D eigenvalue weighted by atomic mass is 9.47. The minimum Gasteiger partial charge on any atom is -0.393 e. The van der Waals surface area contributed by atoms with Crippen molar-refractivity contribution < 1.29 is 19.7 Å². The van der Waals surface area contributed by atoms with Gasteiger partial charge in [-0.05, 0) is 80.5 Å². The highest BCUT2D eigenvalue weighted by atomic mass is 16.5. The molecule has 3 saturated carbocycles. The topological polar surface area (TPSA) is 58.9 Å². The van der Waals surface area contributed by atoms with E-state index in [9.17, 15) is 10.2 Å². The molecule has 28 heavy (non-hydrogen) atoms. The summed E-state index contributed by atoms with van der Waals surface area (Å²) in [6.07, 6.45) is 9.71. The van der Waals surface area contributed by atoms with Crippen LogP contribution in [0.2, 0.25) is 0 Å². The van der Waals surface area contributed by atoms with Crippen LogP contribution in [0.1, 0.15) is 65.7 Å². The fraction of sp³-hybridized carbons (Fsp3) is 0.917. The van der Waals surface area contributed by atoms with E-state index in [4.69, 9.17) is 9.47 Å². The minimum atomic E-state index is -0.339. The predicted octanol–water partition coefficient (Wildman–Crippen LogP) is 3.95. The Kier molecular flexibility index (Phi) is 5.72. The monoisotopic (exact) mass is 392 g/mol. The van der Waals surface area contributed by atoms with E-state index < -0.39 is 0 Å². The smallest absolute Gasteiger partial charge is 0.0704 e. The Morgan fingerprint density at radius 1 is 1.18 bits per heavy atom. The lowest BCUT2D eigenvalue weighted by molar-refractivity contribution is -0.0874. The molecular weight excluding hydrogens is 352 g/mol. The van der Waals surface area contributed by atoms with Gasteiger partial charge in [-0.15, -0.1) is 0 Å². The van der Waals surface area contributed by atoms with Gasteiger partial charge in [-0.2, -0.15) is 0 Å². The summed E-state index contributed by atoms with van der Waals surface area (Å²) in [5, 5.41) is 20.9. The van der Waals surface area contributed by atoms with Gasteiger partial charge in [-0.1, -0.05) is 25.5 Å². The van der Waals surface area contributed by atoms with Crippen molar-refractivity contribution in [2.75, 3.05) is 20.3 Å². The lowest BCUT2D eigenvalue weighted by Crippen LogP contribution is -2.51. The van der Waals surface area contributed by atoms with Gasteiger partial charge in [0, 0.05) is 13.0 Å². The number of ether oxygens (including phenoxy) is 2. The fourth-order valence-corrected chi connectivity index (χ4v) is 7.99. The van der Waals surface area contributed by atoms with Crippen LogP contribution in [0.15, 0.2) is 11.6 Å². The number of methoxy groups -OCH3 is 1. The van der Waals surface area contributed by atoms with E-state index in [1.165, 1.54) is 18.4 Å². The first-order valence-electron chi connectivity index (χ1n) is 11.5. The highest BCUT2D eigenvalue weighted by Gasteiger charge is 2.62. The molecule has 0 saturated heterocycles. The number of hydrogen-bond acceptors (Lipinski definition) is 4. The summed E-state index contributed by atoms with van der Waals surface area (Å²) >= 11 is 0. The first-order chi connectivity index (χ1) is 13.3. The third kappa shape index (κ3) is 3.19. The van der Waals surface area contributed by atoms with Crippen LogP contribution in [0.4, 0.5) is 0 Å². The second-order valence-corrected chi connectivity index (χ2v) is 10.6. The number of rotatable bonds is 5. The molecule has 3 fully saturated rings. The maximum absolute atomic E-state index is 10.7. The van der Waals surface area contributed by atoms with Gasteiger partial charge in [0.1, 0.15) is 0 Å². The van der Waals surface area contributed by atoms with Crippen molar-refractivity contribution in [3.8, 4) is 0 Å². The average molecular weight is 393 g/mol. The Bertz CT molecular complexity index is 601. The quantitative estimate of drug-likeness (QED) is 0.549. The van der Waals surface area contributed by atoms with E-state index in [-0.39, 0.29) is 35.1 Å². The van der Waals surface area contributed by atoms with E-state index in [0.29, 0.717) is 31.0 Å². The molecule has 0 aromatic rings. The second kappa shape index (κ2) is 7.68. The number of aliphatic hydroxyl groups is 2. The van der Waals surface area contributed by atoms with Crippen LogP contribution in [0.25, 0.3) is 0 Å². The zero-order valence-corrected chi connectivity index (χ0v) is 18.2. The van der Waals surface area contributed by atoms with E-state index in [1.54, 1.807) is 7.11 Å². The molecule has 4 aliphatic carbocycles. The molecule has 0 bridgehead atoms. The number of aliphatic hydroxyl groups excluding tert-OH is 2. The van der Waals surface area contributed by atoms with Crippen molar-refractivity contribution in [1.29, 1.82) is 0 Å². The first-order valence-corrected chi connectivity index (χ1v) is 11.5. The maximum Gasteiger partial charge on any atom is 0.0704 e. The van der Waals surface area contributed by atoms with Crippen molar-refractivity contribution in [1.82, 2.24) is 0 Å². The van der Waals surface area contributed by atoms with E-state index >= 15 is 0 Å². The SMILES string of the molecule is COCCO[C@@H]1C[C@H]2[C@@H]3CC=C4C[C@@H](O)CC[C@]4(C)[C@H]3CC[C@]2(C)[C@H]1[C@H](C)O. The molecule has 4 heteroatoms. The second-order valence-electron chi connectivity index (χ2n) is 10.6. The van der Waals surface area contributed by atoms with Gasteiger partial charge in [0.05, 0.1) is 31.5 Å². The highest BCUT2D eigenvalue weighted by molar-refractivity contribution is 5.25. The van der Waals surface area contributed by atoms with Crippen LogP contribution in [-0.4, -0.2) is 48.8 Å². The van der Waals surface area contributed by atoms with E-state index in [0.717, 1.165) is 32.1 Å². The Balaban J connectivity index is 1.60. The number of hydrogen-bond donors (Lipinski definition) is 2. The van der Waals surface area contributed by atoms with Gasteiger partial charge >= 0.3 is 0 Å². The summed E-state index contributed by atoms with van der Waals surface area (Å²) in [6.45, 7) is 8.08. The Morgan fingerprint density at radius 2 is 1.96 bits per heavy atom. The molecule has 160 valence electrons. The van der Waals surface area contributed by atoms with E-state index in [1.807, 2.05) is 6.92 Å². The zero-order chi connectivity index (χ0) is 20.1. The molecule has 0 unspecified atom stereocenters. The van der Waals surface area contributed by atoms with Crippen LogP contribution in [0.5, 0.6) is 0 Å². The van der Waals surface area contributed by atoms with Crippen molar-refractivity contribution in [3.05, 3.63) is 11.6 Å². The van der Waals surface area contributed by atoms with Crippen LogP contribution >= 0.6 is 0 Å². The summed E-state index contributed by atoms with van der Waals surface area (Å²) in [7, 11) is 1.71. The minimum absolute atomic E-state index is 0.135. The Labute approximate surface area is 170 Å². The van der Waals surface area contributed by atoms with Crippen molar-refractivity contribution in [2.24, 2.45) is 34.5 Å². The highest BCUT2D eigenvalue weighted by Crippen LogP contribution is 2.66. The molecule has 4 aliphatic rings. The van der Waals surface area contributed by atoms with E-state index in [2.05, 4.69) is 19.9 Å². The third-order valence-electron chi connectivity index (χ3n) is 9.30. The molecule has 2 N–H and O–H groups in total. The summed E-state index contributed by atoms with van der Waals surface area (Å²) in [5.41, 5.74) is 1.94. The van der Waals surface area contributed by atoms with Crippen LogP contribution in [-0.2, 0) is 9.47 Å². The molecule has 9 atom stereocenters. The van der Waals surface area contributed by atoms with Gasteiger partial charge < -0.3 is 19.7 Å². The molecule has 4 rings (SSSR count). The third-order valence-corrected chi connectivity index (χ3v) is 9.30. The molecule has 0 spiro atoms. The largest absolute Gasteiger partial charge is 0.393 e. The molecule has 0 amide bonds. The van der Waals surface area contributed by atoms with Gasteiger partial charge in [0.15, 0.2) is 0 Å². The summed E-state index contributed by atoms with van der Waals surface area (Å²) < 4.78 is 11.5. The summed E-state index contributed by atoms with van der Waals surface area (Å²) in [6, 6.07) is 0. The normalized spacial score (nSPS) is 49.0. The summed E-state index contributed by atoms with van der Waals surface area (Å²) in [5.74, 6) is 2.21. The van der Waals surface area contributed by atoms with Gasteiger partial charge in [0.25, 0.3) is 0 Å². The van der Waals surface area contributed by atoms with Crippen molar-refractivity contribution in [3.63, 3.8) is 0 Å². The molecule has 0 aromatic carbocycles. The standard InChI is InChI=1S/C24H40O4/c1-15(25)22-21(28-12-11-27-4)14-20-18-6-5-16-13-17(26)7-9-23(16,2)19(18)8-10-24(20,22)3/h5,15,17-22,25-26H,6-14H2,1-4H3/t15-,17-,18+,19-,20-,21+,22-,23-,24-/m0/s1. The van der Waals surface area contributed by atoms with Crippen molar-refractivity contribution >= 4 is 0 Å². The number of allylic oxidation sites excluding steroid dienone is 1. The molecule has 0 radical (unpaired) electrons. The van der Waals surface area contributed by atoms with Crippen LogP contribution < -0.4 is 0 Å². The first kappa shape index (κ1) is 20.8. The zero-order valence-electron chi connectivity index (χ0n) is 18.2. The maximum atomic E-state index is 10.7. The predicted molar refractivity (Wildman–Crippen MR) is 110 cm³/mol.